The van der Waals surface area contributed by atoms with E-state index in [0.717, 1.165) is 25.1 Å². The molecule has 0 saturated heterocycles. The number of nitriles is 1. The number of unbranched alkanes of at least 4 members (excludes halogenated alkanes) is 2. The average molecular weight is 246 g/mol. The quantitative estimate of drug-likeness (QED) is 0.716. The van der Waals surface area contributed by atoms with Crippen LogP contribution in [0.2, 0.25) is 0 Å². The Morgan fingerprint density at radius 2 is 1.94 bits per heavy atom. The molecule has 0 aliphatic rings. The molecule has 0 aliphatic heterocycles. The zero-order valence-electron chi connectivity index (χ0n) is 10.4. The van der Waals surface area contributed by atoms with Crippen LogP contribution in [0.25, 0.3) is 0 Å². The highest BCUT2D eigenvalue weighted by atomic mass is 16.4. The molecule has 0 aromatic heterocycles. The highest BCUT2D eigenvalue weighted by Crippen LogP contribution is 2.14. The Morgan fingerprint density at radius 3 is 2.56 bits per heavy atom. The van der Waals surface area contributed by atoms with Crippen molar-refractivity contribution in [1.29, 1.82) is 5.26 Å². The topological polar surface area (TPSA) is 64.3 Å². The molecule has 1 N–H and O–H groups in total. The van der Waals surface area contributed by atoms with Crippen LogP contribution in [0, 0.1) is 11.3 Å². The Balaban J connectivity index is 2.52. The van der Waals surface area contributed by atoms with Gasteiger partial charge in [0.2, 0.25) is 0 Å². The van der Waals surface area contributed by atoms with Gasteiger partial charge in [0, 0.05) is 25.2 Å². The molecule has 4 nitrogen and oxygen atoms in total. The minimum Gasteiger partial charge on any atom is -0.481 e. The van der Waals surface area contributed by atoms with Crippen LogP contribution in [0.4, 0.5) is 5.69 Å². The lowest BCUT2D eigenvalue weighted by Gasteiger charge is -2.24. The van der Waals surface area contributed by atoms with E-state index in [-0.39, 0.29) is 6.42 Å². The third-order valence-corrected chi connectivity index (χ3v) is 2.68. The van der Waals surface area contributed by atoms with Crippen molar-refractivity contribution in [3.63, 3.8) is 0 Å². The molecule has 0 amide bonds. The Kier molecular flexibility index (Phi) is 6.34. The molecule has 0 saturated carbocycles. The predicted octanol–water partition coefficient (Wildman–Crippen LogP) is 2.66. The summed E-state index contributed by atoms with van der Waals surface area (Å²) >= 11 is 0. The molecule has 4 heteroatoms. The largest absolute Gasteiger partial charge is 0.481 e. The lowest BCUT2D eigenvalue weighted by atomic mass is 10.2. The number of hydrogen-bond acceptors (Lipinski definition) is 3. The Labute approximate surface area is 107 Å². The van der Waals surface area contributed by atoms with E-state index in [1.54, 1.807) is 0 Å². The molecule has 18 heavy (non-hydrogen) atoms. The van der Waals surface area contributed by atoms with Crippen LogP contribution in [0.1, 0.15) is 25.7 Å². The number of carboxylic acid groups (broad SMARTS) is 1. The molecule has 96 valence electrons. The molecule has 0 unspecified atom stereocenters. The summed E-state index contributed by atoms with van der Waals surface area (Å²) in [4.78, 5) is 12.7. The van der Waals surface area contributed by atoms with Gasteiger partial charge in [0.1, 0.15) is 0 Å². The van der Waals surface area contributed by atoms with Crippen LogP contribution in [0.3, 0.4) is 0 Å². The molecular weight excluding hydrogens is 228 g/mol. The molecule has 0 bridgehead atoms. The first-order valence-corrected chi connectivity index (χ1v) is 6.13. The number of nitrogens with zero attached hydrogens (tertiary/aromatic N) is 2. The number of rotatable bonds is 8. The summed E-state index contributed by atoms with van der Waals surface area (Å²) in [6.07, 6.45) is 2.45. The van der Waals surface area contributed by atoms with Gasteiger partial charge in [0.15, 0.2) is 0 Å². The predicted molar refractivity (Wildman–Crippen MR) is 70.4 cm³/mol. The number of aliphatic carboxylic acids is 1. The molecule has 0 spiro atoms. The Hall–Kier alpha value is -2.02. The van der Waals surface area contributed by atoms with Gasteiger partial charge in [-0.15, -0.1) is 0 Å². The SMILES string of the molecule is N#CCCCCN(CCC(=O)O)c1ccccc1. The van der Waals surface area contributed by atoms with E-state index in [2.05, 4.69) is 11.0 Å². The number of para-hydroxylation sites is 1. The van der Waals surface area contributed by atoms with E-state index in [4.69, 9.17) is 10.4 Å². The zero-order valence-corrected chi connectivity index (χ0v) is 10.4. The lowest BCUT2D eigenvalue weighted by molar-refractivity contribution is -0.136. The molecular formula is C14H18N2O2. The van der Waals surface area contributed by atoms with Crippen LogP contribution in [-0.4, -0.2) is 24.2 Å². The number of hydrogen-bond donors (Lipinski definition) is 1. The third-order valence-electron chi connectivity index (χ3n) is 2.68. The van der Waals surface area contributed by atoms with Gasteiger partial charge in [-0.05, 0) is 25.0 Å². The van der Waals surface area contributed by atoms with Crippen molar-refractivity contribution in [3.8, 4) is 6.07 Å². The highest BCUT2D eigenvalue weighted by molar-refractivity contribution is 5.67. The summed E-state index contributed by atoms with van der Waals surface area (Å²) in [5.41, 5.74) is 1.04. The van der Waals surface area contributed by atoms with Crippen molar-refractivity contribution in [2.24, 2.45) is 0 Å². The molecule has 1 aromatic carbocycles. The second kappa shape index (κ2) is 8.13. The smallest absolute Gasteiger partial charge is 0.305 e. The minimum atomic E-state index is -0.784. The Bertz CT molecular complexity index is 398. The van der Waals surface area contributed by atoms with E-state index in [9.17, 15) is 4.79 Å². The number of carbonyl (C=O) groups is 1. The molecule has 0 atom stereocenters. The van der Waals surface area contributed by atoms with E-state index < -0.39 is 5.97 Å². The summed E-state index contributed by atoms with van der Waals surface area (Å²) in [5, 5.41) is 17.2. The number of carboxylic acids is 1. The van der Waals surface area contributed by atoms with E-state index in [1.807, 2.05) is 30.3 Å². The standard InChI is InChI=1S/C14H18N2O2/c15-10-5-2-6-11-16(12-9-14(17)18)13-7-3-1-4-8-13/h1,3-4,7-8H,2,5-6,9,11-12H2,(H,17,18). The van der Waals surface area contributed by atoms with Crippen LogP contribution in [0.15, 0.2) is 30.3 Å². The van der Waals surface area contributed by atoms with E-state index >= 15 is 0 Å². The van der Waals surface area contributed by atoms with E-state index in [0.29, 0.717) is 13.0 Å². The van der Waals surface area contributed by atoms with Crippen molar-refractivity contribution < 1.29 is 9.90 Å². The molecule has 0 heterocycles. The maximum atomic E-state index is 10.6. The highest BCUT2D eigenvalue weighted by Gasteiger charge is 2.07. The van der Waals surface area contributed by atoms with Crippen molar-refractivity contribution in [3.05, 3.63) is 30.3 Å². The average Bonchev–Trinajstić information content (AvgIpc) is 2.38. The number of benzene rings is 1. The molecule has 0 fully saturated rings. The summed E-state index contributed by atoms with van der Waals surface area (Å²) < 4.78 is 0. The summed E-state index contributed by atoms with van der Waals surface area (Å²) in [6, 6.07) is 11.9. The first-order valence-electron chi connectivity index (χ1n) is 6.13. The van der Waals surface area contributed by atoms with Gasteiger partial charge in [-0.1, -0.05) is 18.2 Å². The van der Waals surface area contributed by atoms with Crippen LogP contribution in [0.5, 0.6) is 0 Å². The fraction of sp³-hybridized carbons (Fsp3) is 0.429. The third kappa shape index (κ3) is 5.35. The van der Waals surface area contributed by atoms with Crippen LogP contribution < -0.4 is 4.90 Å². The van der Waals surface area contributed by atoms with Gasteiger partial charge in [0.25, 0.3) is 0 Å². The van der Waals surface area contributed by atoms with Crippen molar-refractivity contribution in [1.82, 2.24) is 0 Å². The van der Waals surface area contributed by atoms with E-state index in [1.165, 1.54) is 0 Å². The molecule has 1 rings (SSSR count). The lowest BCUT2D eigenvalue weighted by Crippen LogP contribution is -2.27. The maximum Gasteiger partial charge on any atom is 0.305 e. The van der Waals surface area contributed by atoms with Crippen molar-refractivity contribution in [2.75, 3.05) is 18.0 Å². The normalized spacial score (nSPS) is 9.72. The molecule has 0 radical (unpaired) electrons. The maximum absolute atomic E-state index is 10.6. The number of anilines is 1. The van der Waals surface area contributed by atoms with Crippen LogP contribution in [-0.2, 0) is 4.79 Å². The van der Waals surface area contributed by atoms with Gasteiger partial charge < -0.3 is 10.0 Å². The summed E-state index contributed by atoms with van der Waals surface area (Å²) in [6.45, 7) is 1.30. The minimum absolute atomic E-state index is 0.132. The Morgan fingerprint density at radius 1 is 1.22 bits per heavy atom. The monoisotopic (exact) mass is 246 g/mol. The second-order valence-corrected chi connectivity index (χ2v) is 4.08. The first kappa shape index (κ1) is 14.0. The second-order valence-electron chi connectivity index (χ2n) is 4.08. The van der Waals surface area contributed by atoms with Gasteiger partial charge in [-0.3, -0.25) is 4.79 Å². The summed E-state index contributed by atoms with van der Waals surface area (Å²) in [7, 11) is 0. The van der Waals surface area contributed by atoms with Crippen LogP contribution >= 0.6 is 0 Å². The fourth-order valence-corrected chi connectivity index (χ4v) is 1.75. The van der Waals surface area contributed by atoms with Crippen molar-refractivity contribution in [2.45, 2.75) is 25.7 Å². The van der Waals surface area contributed by atoms with Gasteiger partial charge >= 0.3 is 5.97 Å². The first-order chi connectivity index (χ1) is 8.74. The van der Waals surface area contributed by atoms with Gasteiger partial charge in [0.05, 0.1) is 12.5 Å². The van der Waals surface area contributed by atoms with Crippen molar-refractivity contribution >= 4 is 11.7 Å². The zero-order chi connectivity index (χ0) is 13.2. The molecule has 1 aromatic rings. The molecule has 0 aliphatic carbocycles. The summed E-state index contributed by atoms with van der Waals surface area (Å²) in [5.74, 6) is -0.784. The van der Waals surface area contributed by atoms with Gasteiger partial charge in [-0.25, -0.2) is 0 Å². The fourth-order valence-electron chi connectivity index (χ4n) is 1.75. The van der Waals surface area contributed by atoms with Gasteiger partial charge in [-0.2, -0.15) is 5.26 Å².